The molecule has 2 aliphatic rings. The molecule has 0 aliphatic heterocycles. The molecule has 0 heterocycles. The Morgan fingerprint density at radius 1 is 0.696 bits per heavy atom. The van der Waals surface area contributed by atoms with Crippen molar-refractivity contribution in [1.29, 1.82) is 0 Å². The van der Waals surface area contributed by atoms with E-state index in [9.17, 15) is 0 Å². The molecule has 0 atom stereocenters. The molecule has 0 spiro atoms. The molecule has 2 aliphatic carbocycles. The van der Waals surface area contributed by atoms with Crippen molar-refractivity contribution in [3.63, 3.8) is 0 Å². The van der Waals surface area contributed by atoms with Gasteiger partial charge in [0, 0.05) is 26.2 Å². The van der Waals surface area contributed by atoms with Crippen LogP contribution < -0.4 is 0 Å². The van der Waals surface area contributed by atoms with E-state index in [-0.39, 0.29) is 19.5 Å². The summed E-state index contributed by atoms with van der Waals surface area (Å²) in [6, 6.07) is 1.27. The van der Waals surface area contributed by atoms with Gasteiger partial charge in [0.2, 0.25) is 0 Å². The van der Waals surface area contributed by atoms with E-state index in [0.717, 1.165) is 0 Å². The second-order valence-corrected chi connectivity index (χ2v) is 8.40. The van der Waals surface area contributed by atoms with Gasteiger partial charge >= 0.3 is 19.5 Å². The van der Waals surface area contributed by atoms with Crippen LogP contribution in [0.1, 0.15) is 64.2 Å². The maximum absolute atomic E-state index is 4.94. The second-order valence-electron chi connectivity index (χ2n) is 6.34. The first-order valence-electron chi connectivity index (χ1n) is 8.31. The molecule has 0 aromatic rings. The van der Waals surface area contributed by atoms with Gasteiger partial charge in [-0.05, 0) is 25.7 Å². The maximum atomic E-state index is 4.94. The molecule has 23 heavy (non-hydrogen) atoms. The number of nitrogens with zero attached hydrogens (tertiary/aromatic N) is 2. The van der Waals surface area contributed by atoms with Gasteiger partial charge in [0.1, 0.15) is 0 Å². The summed E-state index contributed by atoms with van der Waals surface area (Å²) >= 11 is 19.8. The third-order valence-corrected chi connectivity index (χ3v) is 5.97. The van der Waals surface area contributed by atoms with Crippen LogP contribution in [-0.2, 0) is 44.7 Å². The zero-order valence-corrected chi connectivity index (χ0v) is 20.7. The molecular weight excluding hydrogens is 414 g/mol. The normalized spacial score (nSPS) is 18.9. The van der Waals surface area contributed by atoms with Gasteiger partial charge in [0.15, 0.2) is 0 Å². The topological polar surface area (TPSA) is 6.48 Å². The molecule has 2 fully saturated rings. The van der Waals surface area contributed by atoms with Crippen LogP contribution in [0.15, 0.2) is 0 Å². The van der Waals surface area contributed by atoms with Crippen molar-refractivity contribution < 1.29 is 19.5 Å². The summed E-state index contributed by atoms with van der Waals surface area (Å²) in [7, 11) is 4.04. The molecule has 7 heteroatoms. The Hall–Kier alpha value is 0.843. The van der Waals surface area contributed by atoms with Gasteiger partial charge < -0.3 is 59.5 Å². The molecule has 0 aromatic heterocycles. The SMILES string of the molecule is CN(C(=S)[S-])C1CCCCC1.CN(C(=S)[S-])C1CCCCC1.[Zn+2]. The predicted molar refractivity (Wildman–Crippen MR) is 109 cm³/mol. The van der Waals surface area contributed by atoms with Gasteiger partial charge in [-0.3, -0.25) is 0 Å². The van der Waals surface area contributed by atoms with Crippen molar-refractivity contribution in [2.45, 2.75) is 76.3 Å². The molecule has 2 rings (SSSR count). The van der Waals surface area contributed by atoms with Gasteiger partial charge in [-0.1, -0.05) is 47.2 Å². The molecule has 0 bridgehead atoms. The molecule has 0 aromatic carbocycles. The van der Waals surface area contributed by atoms with Crippen molar-refractivity contribution in [3.05, 3.63) is 0 Å². The Kier molecular flexibility index (Phi) is 13.6. The predicted octanol–water partition coefficient (Wildman–Crippen LogP) is 4.16. The smallest absolute Gasteiger partial charge is 0.411 e. The minimum absolute atomic E-state index is 0. The number of thiocarbonyl (C=S) groups is 2. The minimum atomic E-state index is 0. The molecule has 0 radical (unpaired) electrons. The number of rotatable bonds is 2. The van der Waals surface area contributed by atoms with Crippen LogP contribution in [0, 0.1) is 0 Å². The Bertz CT molecular complexity index is 322. The van der Waals surface area contributed by atoms with Gasteiger partial charge in [0.05, 0.1) is 0 Å². The zero-order valence-electron chi connectivity index (χ0n) is 14.5. The van der Waals surface area contributed by atoms with E-state index in [1.807, 2.05) is 14.1 Å². The van der Waals surface area contributed by atoms with Crippen molar-refractivity contribution in [2.75, 3.05) is 14.1 Å². The van der Waals surface area contributed by atoms with Crippen molar-refractivity contribution in [2.24, 2.45) is 0 Å². The Labute approximate surface area is 177 Å². The fourth-order valence-electron chi connectivity index (χ4n) is 3.23. The molecule has 0 saturated heterocycles. The minimum Gasteiger partial charge on any atom is -0.411 e. The fraction of sp³-hybridized carbons (Fsp3) is 0.875. The van der Waals surface area contributed by atoms with Crippen LogP contribution in [0.2, 0.25) is 0 Å². The summed E-state index contributed by atoms with van der Waals surface area (Å²) in [5.74, 6) is 0. The van der Waals surface area contributed by atoms with Crippen LogP contribution in [0.5, 0.6) is 0 Å². The maximum Gasteiger partial charge on any atom is 2.00 e. The van der Waals surface area contributed by atoms with Gasteiger partial charge in [-0.2, -0.15) is 0 Å². The molecule has 0 amide bonds. The number of hydrogen-bond donors (Lipinski definition) is 0. The average Bonchev–Trinajstić information content (AvgIpc) is 2.55. The summed E-state index contributed by atoms with van der Waals surface area (Å²) in [5, 5.41) is 0. The number of hydrogen-bond acceptors (Lipinski definition) is 4. The van der Waals surface area contributed by atoms with Crippen LogP contribution in [0.3, 0.4) is 0 Å². The van der Waals surface area contributed by atoms with E-state index < -0.39 is 0 Å². The quantitative estimate of drug-likeness (QED) is 0.358. The standard InChI is InChI=1S/2C8H15NS2.Zn/c2*1-9(8(10)11)7-5-3-2-4-6-7;/h2*7H,2-6H2,1H3,(H,10,11);/q;;+2/p-2. The first-order valence-corrected chi connectivity index (χ1v) is 9.94. The zero-order chi connectivity index (χ0) is 16.5. The summed E-state index contributed by atoms with van der Waals surface area (Å²) in [6.07, 6.45) is 13.2. The fourth-order valence-corrected chi connectivity index (χ4v) is 3.83. The largest absolute Gasteiger partial charge is 2.00 e. The summed E-state index contributed by atoms with van der Waals surface area (Å²) in [4.78, 5) is 4.15. The molecular formula is C16H28N2S4Zn. The molecule has 2 nitrogen and oxygen atoms in total. The molecule has 0 unspecified atom stereocenters. The van der Waals surface area contributed by atoms with Crippen LogP contribution in [0.25, 0.3) is 0 Å². The molecule has 128 valence electrons. The van der Waals surface area contributed by atoms with E-state index in [4.69, 9.17) is 49.7 Å². The average molecular weight is 442 g/mol. The van der Waals surface area contributed by atoms with Crippen LogP contribution in [-0.4, -0.2) is 44.6 Å². The van der Waals surface area contributed by atoms with E-state index >= 15 is 0 Å². The van der Waals surface area contributed by atoms with Gasteiger partial charge in [-0.15, -0.1) is 0 Å². The van der Waals surface area contributed by atoms with E-state index in [1.165, 1.54) is 64.2 Å². The Morgan fingerprint density at radius 2 is 0.957 bits per heavy atom. The van der Waals surface area contributed by atoms with Crippen molar-refractivity contribution in [1.82, 2.24) is 9.80 Å². The summed E-state index contributed by atoms with van der Waals surface area (Å²) < 4.78 is 1.24. The first kappa shape index (κ1) is 23.8. The van der Waals surface area contributed by atoms with E-state index in [0.29, 0.717) is 20.7 Å². The van der Waals surface area contributed by atoms with E-state index in [1.54, 1.807) is 0 Å². The molecule has 2 saturated carbocycles. The Balaban J connectivity index is 0.000000403. The third-order valence-electron chi connectivity index (χ3n) is 4.82. The first-order chi connectivity index (χ1) is 10.4. The Morgan fingerprint density at radius 3 is 1.17 bits per heavy atom. The summed E-state index contributed by atoms with van der Waals surface area (Å²) in [6.45, 7) is 0. The van der Waals surface area contributed by atoms with Crippen molar-refractivity contribution >= 4 is 58.3 Å². The van der Waals surface area contributed by atoms with E-state index in [2.05, 4.69) is 9.80 Å². The van der Waals surface area contributed by atoms with Gasteiger partial charge in [0.25, 0.3) is 0 Å². The third kappa shape index (κ3) is 9.20. The second kappa shape index (κ2) is 13.1. The van der Waals surface area contributed by atoms with Crippen LogP contribution >= 0.6 is 24.4 Å². The molecule has 0 N–H and O–H groups in total. The van der Waals surface area contributed by atoms with Crippen LogP contribution in [0.4, 0.5) is 0 Å². The summed E-state index contributed by atoms with van der Waals surface area (Å²) in [5.41, 5.74) is 0. The van der Waals surface area contributed by atoms with Crippen molar-refractivity contribution in [3.8, 4) is 0 Å². The van der Waals surface area contributed by atoms with Gasteiger partial charge in [-0.25, -0.2) is 0 Å². The monoisotopic (exact) mass is 440 g/mol.